The van der Waals surface area contributed by atoms with Crippen LogP contribution in [0, 0.1) is 0 Å². The van der Waals surface area contributed by atoms with E-state index in [2.05, 4.69) is 32.6 Å². The molecule has 0 aromatic heterocycles. The molecule has 0 bridgehead atoms. The monoisotopic (exact) mass is 388 g/mol. The number of amides is 2. The summed E-state index contributed by atoms with van der Waals surface area (Å²) >= 11 is 0. The van der Waals surface area contributed by atoms with Gasteiger partial charge in [0.15, 0.2) is 0 Å². The first kappa shape index (κ1) is 20.5. The van der Waals surface area contributed by atoms with Gasteiger partial charge in [0.1, 0.15) is 5.75 Å². The SMILES string of the molecule is COc1ccc(N2CCN(CCCNC(=O)C(=O)NC3CCCC3)CC2)cc1. The highest BCUT2D eigenvalue weighted by molar-refractivity contribution is 6.35. The van der Waals surface area contributed by atoms with Crippen LogP contribution in [0.1, 0.15) is 32.1 Å². The van der Waals surface area contributed by atoms with Gasteiger partial charge in [0.05, 0.1) is 7.11 Å². The molecule has 7 heteroatoms. The first-order chi connectivity index (χ1) is 13.7. The Labute approximate surface area is 167 Å². The predicted molar refractivity (Wildman–Crippen MR) is 110 cm³/mol. The van der Waals surface area contributed by atoms with Crippen molar-refractivity contribution >= 4 is 17.5 Å². The lowest BCUT2D eigenvalue weighted by molar-refractivity contribution is -0.139. The second kappa shape index (κ2) is 10.3. The molecule has 0 unspecified atom stereocenters. The van der Waals surface area contributed by atoms with Crippen LogP contribution < -0.4 is 20.3 Å². The average Bonchev–Trinajstić information content (AvgIpc) is 3.24. The lowest BCUT2D eigenvalue weighted by Gasteiger charge is -2.36. The summed E-state index contributed by atoms with van der Waals surface area (Å²) in [6.07, 6.45) is 5.10. The Balaban J connectivity index is 1.28. The summed E-state index contributed by atoms with van der Waals surface area (Å²) in [6.45, 7) is 5.45. The normalized spacial score (nSPS) is 18.1. The Bertz CT molecular complexity index is 636. The zero-order chi connectivity index (χ0) is 19.8. The summed E-state index contributed by atoms with van der Waals surface area (Å²) in [7, 11) is 1.68. The summed E-state index contributed by atoms with van der Waals surface area (Å²) in [4.78, 5) is 28.5. The third-order valence-corrected chi connectivity index (χ3v) is 5.64. The molecule has 28 heavy (non-hydrogen) atoms. The fourth-order valence-corrected chi connectivity index (χ4v) is 3.93. The minimum Gasteiger partial charge on any atom is -0.497 e. The molecule has 0 spiro atoms. The number of carbonyl (C=O) groups is 2. The van der Waals surface area contributed by atoms with Gasteiger partial charge in [-0.15, -0.1) is 0 Å². The van der Waals surface area contributed by atoms with Gasteiger partial charge in [0, 0.05) is 44.5 Å². The molecule has 7 nitrogen and oxygen atoms in total. The van der Waals surface area contributed by atoms with Crippen molar-refractivity contribution in [1.82, 2.24) is 15.5 Å². The minimum absolute atomic E-state index is 0.181. The molecule has 1 saturated heterocycles. The van der Waals surface area contributed by atoms with Crippen molar-refractivity contribution in [2.45, 2.75) is 38.1 Å². The number of anilines is 1. The number of hydrogen-bond donors (Lipinski definition) is 2. The second-order valence-electron chi connectivity index (χ2n) is 7.59. The maximum absolute atomic E-state index is 11.9. The zero-order valence-electron chi connectivity index (χ0n) is 16.8. The summed E-state index contributed by atoms with van der Waals surface area (Å²) in [5.41, 5.74) is 1.22. The number of benzene rings is 1. The zero-order valence-corrected chi connectivity index (χ0v) is 16.8. The van der Waals surface area contributed by atoms with Crippen LogP contribution in [0.2, 0.25) is 0 Å². The fraction of sp³-hybridized carbons (Fsp3) is 0.619. The average molecular weight is 389 g/mol. The Kier molecular flexibility index (Phi) is 7.54. The van der Waals surface area contributed by atoms with Crippen molar-refractivity contribution in [2.75, 3.05) is 51.3 Å². The van der Waals surface area contributed by atoms with Gasteiger partial charge in [0.2, 0.25) is 0 Å². The molecular weight excluding hydrogens is 356 g/mol. The summed E-state index contributed by atoms with van der Waals surface area (Å²) < 4.78 is 5.21. The smallest absolute Gasteiger partial charge is 0.309 e. The number of piperazine rings is 1. The molecule has 2 aliphatic rings. The van der Waals surface area contributed by atoms with E-state index >= 15 is 0 Å². The van der Waals surface area contributed by atoms with Gasteiger partial charge >= 0.3 is 11.8 Å². The van der Waals surface area contributed by atoms with E-state index in [-0.39, 0.29) is 6.04 Å². The van der Waals surface area contributed by atoms with Gasteiger partial charge in [-0.3, -0.25) is 14.5 Å². The second-order valence-corrected chi connectivity index (χ2v) is 7.59. The third kappa shape index (κ3) is 5.86. The molecule has 1 heterocycles. The predicted octanol–water partition coefficient (Wildman–Crippen LogP) is 1.38. The fourth-order valence-electron chi connectivity index (χ4n) is 3.93. The molecule has 1 aliphatic heterocycles. The topological polar surface area (TPSA) is 73.9 Å². The minimum atomic E-state index is -0.503. The van der Waals surface area contributed by atoms with Crippen LogP contribution in [0.4, 0.5) is 5.69 Å². The highest BCUT2D eigenvalue weighted by Crippen LogP contribution is 2.20. The van der Waals surface area contributed by atoms with E-state index in [1.54, 1.807) is 7.11 Å². The van der Waals surface area contributed by atoms with Crippen molar-refractivity contribution in [3.63, 3.8) is 0 Å². The molecule has 3 rings (SSSR count). The van der Waals surface area contributed by atoms with Crippen LogP contribution in [-0.4, -0.2) is 69.1 Å². The van der Waals surface area contributed by atoms with Crippen molar-refractivity contribution in [3.8, 4) is 5.75 Å². The van der Waals surface area contributed by atoms with E-state index in [0.29, 0.717) is 6.54 Å². The number of methoxy groups -OCH3 is 1. The first-order valence-electron chi connectivity index (χ1n) is 10.4. The van der Waals surface area contributed by atoms with Gasteiger partial charge < -0.3 is 20.3 Å². The maximum atomic E-state index is 11.9. The van der Waals surface area contributed by atoms with E-state index in [9.17, 15) is 9.59 Å². The van der Waals surface area contributed by atoms with Crippen molar-refractivity contribution in [2.24, 2.45) is 0 Å². The lowest BCUT2D eigenvalue weighted by atomic mass is 10.2. The number of ether oxygens (including phenoxy) is 1. The van der Waals surface area contributed by atoms with Gasteiger partial charge in [0.25, 0.3) is 0 Å². The van der Waals surface area contributed by atoms with Crippen molar-refractivity contribution in [1.29, 1.82) is 0 Å². The first-order valence-corrected chi connectivity index (χ1v) is 10.4. The number of nitrogens with zero attached hydrogens (tertiary/aromatic N) is 2. The molecule has 0 radical (unpaired) electrons. The Morgan fingerprint density at radius 3 is 2.36 bits per heavy atom. The molecule has 1 saturated carbocycles. The van der Waals surface area contributed by atoms with Crippen molar-refractivity contribution < 1.29 is 14.3 Å². The van der Waals surface area contributed by atoms with E-state index in [0.717, 1.165) is 70.6 Å². The van der Waals surface area contributed by atoms with E-state index in [1.807, 2.05) is 12.1 Å². The molecular formula is C21H32N4O3. The summed E-state index contributed by atoms with van der Waals surface area (Å²) in [5, 5.41) is 5.56. The Hall–Kier alpha value is -2.28. The van der Waals surface area contributed by atoms with Crippen LogP contribution in [-0.2, 0) is 9.59 Å². The highest BCUT2D eigenvalue weighted by atomic mass is 16.5. The molecule has 1 aliphatic carbocycles. The standard InChI is InChI=1S/C21H32N4O3/c1-28-19-9-7-18(8-10-19)25-15-13-24(14-16-25)12-4-11-22-20(26)21(27)23-17-5-2-3-6-17/h7-10,17H,2-6,11-16H2,1H3,(H,22,26)(H,23,27). The number of nitrogens with one attached hydrogen (secondary N) is 2. The van der Waals surface area contributed by atoms with E-state index < -0.39 is 11.8 Å². The largest absolute Gasteiger partial charge is 0.497 e. The summed E-state index contributed by atoms with van der Waals surface area (Å²) in [6, 6.07) is 8.36. The maximum Gasteiger partial charge on any atom is 0.309 e. The highest BCUT2D eigenvalue weighted by Gasteiger charge is 2.21. The third-order valence-electron chi connectivity index (χ3n) is 5.64. The molecule has 2 amide bonds. The number of rotatable bonds is 7. The summed E-state index contributed by atoms with van der Waals surface area (Å²) in [5.74, 6) is -0.113. The lowest BCUT2D eigenvalue weighted by Crippen LogP contribution is -2.47. The Morgan fingerprint density at radius 2 is 1.71 bits per heavy atom. The molecule has 1 aromatic carbocycles. The van der Waals surface area contributed by atoms with Crippen LogP contribution in [0.15, 0.2) is 24.3 Å². The van der Waals surface area contributed by atoms with Crippen LogP contribution in [0.5, 0.6) is 5.75 Å². The van der Waals surface area contributed by atoms with Gasteiger partial charge in [-0.1, -0.05) is 12.8 Å². The number of hydrogen-bond acceptors (Lipinski definition) is 5. The molecule has 1 aromatic rings. The quantitative estimate of drug-likeness (QED) is 0.545. The van der Waals surface area contributed by atoms with E-state index in [4.69, 9.17) is 4.74 Å². The molecule has 0 atom stereocenters. The van der Waals surface area contributed by atoms with Crippen LogP contribution >= 0.6 is 0 Å². The molecule has 2 N–H and O–H groups in total. The van der Waals surface area contributed by atoms with Crippen LogP contribution in [0.3, 0.4) is 0 Å². The van der Waals surface area contributed by atoms with Gasteiger partial charge in [-0.25, -0.2) is 0 Å². The molecule has 2 fully saturated rings. The van der Waals surface area contributed by atoms with E-state index in [1.165, 1.54) is 5.69 Å². The number of carbonyl (C=O) groups excluding carboxylic acids is 2. The van der Waals surface area contributed by atoms with Crippen molar-refractivity contribution in [3.05, 3.63) is 24.3 Å². The Morgan fingerprint density at radius 1 is 1.04 bits per heavy atom. The van der Waals surface area contributed by atoms with Crippen LogP contribution in [0.25, 0.3) is 0 Å². The van der Waals surface area contributed by atoms with Gasteiger partial charge in [-0.2, -0.15) is 0 Å². The molecule has 154 valence electrons. The van der Waals surface area contributed by atoms with Gasteiger partial charge in [-0.05, 0) is 50.1 Å².